The smallest absolute Gasteiger partial charge is 0.236 e. The number of rotatable bonds is 14. The molecule has 2 amide bonds. The van der Waals surface area contributed by atoms with E-state index < -0.39 is 5.82 Å². The van der Waals surface area contributed by atoms with E-state index in [1.54, 1.807) is 23.1 Å². The van der Waals surface area contributed by atoms with Gasteiger partial charge in [0.1, 0.15) is 21.7 Å². The zero-order valence-corrected chi connectivity index (χ0v) is 41.8. The lowest BCUT2D eigenvalue weighted by Gasteiger charge is -2.33. The predicted octanol–water partition coefficient (Wildman–Crippen LogP) is 9.05. The van der Waals surface area contributed by atoms with Gasteiger partial charge in [-0.2, -0.15) is 20.2 Å². The molecule has 0 aliphatic carbocycles. The van der Waals surface area contributed by atoms with Crippen LogP contribution in [0.3, 0.4) is 0 Å². The molecule has 0 atom stereocenters. The molecular formula is C49H60Cl2F2N16O2. The Morgan fingerprint density at radius 3 is 1.54 bits per heavy atom. The number of aromatic amines is 2. The molecule has 22 heteroatoms. The molecule has 3 saturated heterocycles. The molecule has 3 aliphatic heterocycles. The number of H-pyrrole nitrogens is 2. The van der Waals surface area contributed by atoms with Crippen LogP contribution in [-0.2, 0) is 9.59 Å². The summed E-state index contributed by atoms with van der Waals surface area (Å²) in [6.07, 6.45) is 9.19. The van der Waals surface area contributed by atoms with E-state index in [1.807, 2.05) is 50.8 Å². The molecule has 8 N–H and O–H groups in total. The van der Waals surface area contributed by atoms with E-state index >= 15 is 8.78 Å². The van der Waals surface area contributed by atoms with E-state index in [1.165, 1.54) is 12.4 Å². The Kier molecular flexibility index (Phi) is 16.6. The number of anilines is 8. The number of hydrogen-bond donors (Lipinski definition) is 7. The van der Waals surface area contributed by atoms with Gasteiger partial charge < -0.3 is 41.7 Å². The lowest BCUT2D eigenvalue weighted by Crippen LogP contribution is -2.41. The maximum atomic E-state index is 15.2. The molecule has 0 unspecified atom stereocenters. The Hall–Kier alpha value is -6.48. The van der Waals surface area contributed by atoms with Crippen LogP contribution in [-0.4, -0.2) is 119 Å². The molecule has 2 aromatic carbocycles. The number of aromatic nitrogens is 8. The first-order valence-electron chi connectivity index (χ1n) is 23.9. The number of nitrogens with zero attached hydrogens (tertiary/aromatic N) is 9. The van der Waals surface area contributed by atoms with Crippen LogP contribution in [0.25, 0.3) is 0 Å². The van der Waals surface area contributed by atoms with E-state index in [4.69, 9.17) is 28.9 Å². The summed E-state index contributed by atoms with van der Waals surface area (Å²) in [4.78, 5) is 47.4. The number of carbonyl (C=O) groups is 2. The van der Waals surface area contributed by atoms with Gasteiger partial charge in [-0.25, -0.2) is 18.7 Å². The summed E-state index contributed by atoms with van der Waals surface area (Å²) in [7, 11) is 0. The Morgan fingerprint density at radius 2 is 1.10 bits per heavy atom. The molecule has 0 spiro atoms. The van der Waals surface area contributed by atoms with Crippen molar-refractivity contribution in [3.63, 3.8) is 0 Å². The highest BCUT2D eigenvalue weighted by Crippen LogP contribution is 2.36. The fourth-order valence-electron chi connectivity index (χ4n) is 9.36. The normalized spacial score (nSPS) is 15.6. The van der Waals surface area contributed by atoms with Gasteiger partial charge in [0.25, 0.3) is 0 Å². The van der Waals surface area contributed by atoms with E-state index in [9.17, 15) is 9.59 Å². The molecule has 6 aromatic rings. The standard InChI is InChI=1S/C27H34ClFN8O.C22H26ClFN8O/c1-17-13-23(31-27-30-16-21(28)26(33-27)32-24-14-18(2)34-35-24)22(29)15-20(17)19-5-10-36(11-6-19)12-7-25(38)37-8-3-4-9-37;1-12-7-18(17(24)9-15(12)14-3-5-32(6-4-14)20(33)10-25)27-22-26-11-16(23)21(29-22)28-19-8-13(2)30-31-19/h13-16,19H,3-12H2,1-2H3,(H3,30,31,32,33,34,35);7-9,11,14H,3-6,10,25H2,1-2H3,(H3,26,27,28,29,30,31). The second-order valence-corrected chi connectivity index (χ2v) is 19.2. The number of carbonyl (C=O) groups excluding carboxylic acids is 2. The van der Waals surface area contributed by atoms with Gasteiger partial charge in [-0.3, -0.25) is 19.8 Å². The number of nitrogens with one attached hydrogen (secondary N) is 6. The minimum Gasteiger partial charge on any atom is -0.343 e. The monoisotopic (exact) mass is 1010 g/mol. The van der Waals surface area contributed by atoms with Crippen LogP contribution >= 0.6 is 23.2 Å². The van der Waals surface area contributed by atoms with Gasteiger partial charge >= 0.3 is 0 Å². The van der Waals surface area contributed by atoms with Crippen LogP contribution in [0.1, 0.15) is 90.4 Å². The number of nitrogens with two attached hydrogens (primary N) is 1. The summed E-state index contributed by atoms with van der Waals surface area (Å²) in [5.41, 5.74) is 11.8. The van der Waals surface area contributed by atoms with Gasteiger partial charge in [-0.05, 0) is 138 Å². The molecule has 7 heterocycles. The Labute approximate surface area is 421 Å². The van der Waals surface area contributed by atoms with Crippen LogP contribution in [0.2, 0.25) is 10.0 Å². The van der Waals surface area contributed by atoms with Crippen molar-refractivity contribution in [2.45, 2.75) is 84.5 Å². The van der Waals surface area contributed by atoms with Crippen LogP contribution in [0.4, 0.5) is 55.3 Å². The van der Waals surface area contributed by atoms with Crippen molar-refractivity contribution < 1.29 is 18.4 Å². The van der Waals surface area contributed by atoms with Gasteiger partial charge in [-0.1, -0.05) is 23.2 Å². The average Bonchev–Trinajstić information content (AvgIpc) is 4.16. The maximum Gasteiger partial charge on any atom is 0.236 e. The highest BCUT2D eigenvalue weighted by molar-refractivity contribution is 6.33. The van der Waals surface area contributed by atoms with E-state index in [0.29, 0.717) is 64.4 Å². The number of halogens is 4. The third-order valence-corrected chi connectivity index (χ3v) is 13.7. The summed E-state index contributed by atoms with van der Waals surface area (Å²) >= 11 is 12.4. The lowest BCUT2D eigenvalue weighted by atomic mass is 9.86. The molecule has 3 aliphatic rings. The van der Waals surface area contributed by atoms with Crippen molar-refractivity contribution in [2.24, 2.45) is 5.73 Å². The Morgan fingerprint density at radius 1 is 0.648 bits per heavy atom. The highest BCUT2D eigenvalue weighted by Gasteiger charge is 2.27. The highest BCUT2D eigenvalue weighted by atomic mass is 35.5. The van der Waals surface area contributed by atoms with Gasteiger partial charge in [0.15, 0.2) is 23.3 Å². The van der Waals surface area contributed by atoms with Gasteiger partial charge in [0.2, 0.25) is 23.7 Å². The molecule has 376 valence electrons. The second-order valence-electron chi connectivity index (χ2n) is 18.3. The lowest BCUT2D eigenvalue weighted by molar-refractivity contribution is -0.131. The van der Waals surface area contributed by atoms with Crippen molar-refractivity contribution in [3.05, 3.63) is 104 Å². The number of likely N-dealkylation sites (tertiary alicyclic amines) is 3. The SMILES string of the molecule is Cc1cc(Nc2nc(Nc3cc(C)c(C4CCN(C(=O)CN)CC4)cc3F)ncc2Cl)n[nH]1.Cc1cc(Nc2nc(Nc3cc(C)c(C4CCN(CCC(=O)N5CCCC5)CC4)cc3F)ncc2Cl)n[nH]1. The number of aryl methyl sites for hydroxylation is 4. The largest absolute Gasteiger partial charge is 0.343 e. The van der Waals surface area contributed by atoms with E-state index in [2.05, 4.69) is 66.5 Å². The first-order valence-corrected chi connectivity index (χ1v) is 24.7. The molecule has 3 fully saturated rings. The summed E-state index contributed by atoms with van der Waals surface area (Å²) < 4.78 is 30.2. The average molecular weight is 1010 g/mol. The summed E-state index contributed by atoms with van der Waals surface area (Å²) in [5.74, 6) is 2.26. The molecule has 4 aromatic heterocycles. The molecular weight excluding hydrogens is 954 g/mol. The van der Waals surface area contributed by atoms with Crippen LogP contribution in [0.15, 0.2) is 48.8 Å². The fraction of sp³-hybridized carbons (Fsp3) is 0.429. The Bertz CT molecular complexity index is 2820. The first-order chi connectivity index (χ1) is 34.2. The number of piperidine rings is 2. The molecule has 0 radical (unpaired) electrons. The maximum absolute atomic E-state index is 15.2. The zero-order chi connectivity index (χ0) is 50.2. The minimum absolute atomic E-state index is 0.0179. The van der Waals surface area contributed by atoms with Crippen molar-refractivity contribution >= 4 is 81.6 Å². The molecule has 0 bridgehead atoms. The third kappa shape index (κ3) is 13.1. The van der Waals surface area contributed by atoms with Gasteiger partial charge in [0, 0.05) is 62.7 Å². The Balaban J connectivity index is 0.000000192. The third-order valence-electron chi connectivity index (χ3n) is 13.2. The summed E-state index contributed by atoms with van der Waals surface area (Å²) in [5, 5.41) is 26.5. The van der Waals surface area contributed by atoms with Crippen molar-refractivity contribution in [3.8, 4) is 0 Å². The topological polar surface area (TPSA) is 227 Å². The zero-order valence-electron chi connectivity index (χ0n) is 40.3. The molecule has 0 saturated carbocycles. The van der Waals surface area contributed by atoms with E-state index in [-0.39, 0.29) is 47.7 Å². The molecule has 9 rings (SSSR count). The van der Waals surface area contributed by atoms with Crippen LogP contribution in [0.5, 0.6) is 0 Å². The van der Waals surface area contributed by atoms with Crippen molar-refractivity contribution in [2.75, 3.05) is 73.6 Å². The minimum atomic E-state index is -0.396. The van der Waals surface area contributed by atoms with E-state index in [0.717, 1.165) is 105 Å². The summed E-state index contributed by atoms with van der Waals surface area (Å²) in [6, 6.07) is 10.4. The van der Waals surface area contributed by atoms with Crippen molar-refractivity contribution in [1.82, 2.24) is 55.0 Å². The molecule has 71 heavy (non-hydrogen) atoms. The number of benzene rings is 2. The number of amides is 2. The fourth-order valence-corrected chi connectivity index (χ4v) is 9.63. The second kappa shape index (κ2) is 23.2. The van der Waals surface area contributed by atoms with Crippen molar-refractivity contribution in [1.29, 1.82) is 0 Å². The predicted molar refractivity (Wildman–Crippen MR) is 273 cm³/mol. The first kappa shape index (κ1) is 50.9. The summed E-state index contributed by atoms with van der Waals surface area (Å²) in [6.45, 7) is 13.5. The van der Waals surface area contributed by atoms with Gasteiger partial charge in [0.05, 0.1) is 30.3 Å². The van der Waals surface area contributed by atoms with Gasteiger partial charge in [-0.15, -0.1) is 0 Å². The number of hydrogen-bond acceptors (Lipinski definition) is 14. The van der Waals surface area contributed by atoms with Crippen LogP contribution in [0, 0.1) is 39.3 Å². The quantitative estimate of drug-likeness (QED) is 0.0541. The van der Waals surface area contributed by atoms with Crippen LogP contribution < -0.4 is 27.0 Å². The molecule has 18 nitrogen and oxygen atoms in total.